The maximum Gasteiger partial charge on any atom is 0.420 e. The molecule has 2 unspecified atom stereocenters. The van der Waals surface area contributed by atoms with Crippen LogP contribution in [0, 0.1) is 0 Å². The quantitative estimate of drug-likeness (QED) is 0.923. The minimum absolute atomic E-state index is 0.0440. The van der Waals surface area contributed by atoms with Crippen molar-refractivity contribution in [3.8, 4) is 0 Å². The number of fused-ring (bicyclic) bond motifs is 1. The van der Waals surface area contributed by atoms with E-state index in [-0.39, 0.29) is 29.7 Å². The lowest BCUT2D eigenvalue weighted by Gasteiger charge is -2.30. The molecule has 3 rings (SSSR count). The van der Waals surface area contributed by atoms with Gasteiger partial charge in [-0.15, -0.1) is 0 Å². The number of nitrogens with zero attached hydrogens (tertiary/aromatic N) is 1. The van der Waals surface area contributed by atoms with Gasteiger partial charge in [-0.2, -0.15) is 0 Å². The Kier molecular flexibility index (Phi) is 3.35. The molecule has 1 amide bonds. The number of carbonyl (C=O) groups excluding carboxylic acids is 1. The second-order valence-electron chi connectivity index (χ2n) is 6.05. The second-order valence-corrected chi connectivity index (χ2v) is 6.05. The van der Waals surface area contributed by atoms with Crippen LogP contribution in [-0.2, 0) is 4.79 Å². The summed E-state index contributed by atoms with van der Waals surface area (Å²) in [6.45, 7) is 6.09. The SMILES string of the molecule is CC(C)c1cccc2c1oc(=O)n2C1CCC(=O)NC1C. The molecule has 1 aliphatic rings. The zero-order valence-electron chi connectivity index (χ0n) is 12.6. The molecule has 5 nitrogen and oxygen atoms in total. The van der Waals surface area contributed by atoms with Gasteiger partial charge < -0.3 is 9.73 Å². The number of carbonyl (C=O) groups is 1. The van der Waals surface area contributed by atoms with E-state index in [0.717, 1.165) is 11.1 Å². The largest absolute Gasteiger partial charge is 0.420 e. The lowest BCUT2D eigenvalue weighted by atomic mass is 9.98. The summed E-state index contributed by atoms with van der Waals surface area (Å²) < 4.78 is 7.21. The first-order valence-electron chi connectivity index (χ1n) is 7.42. The molecule has 0 radical (unpaired) electrons. The van der Waals surface area contributed by atoms with Gasteiger partial charge >= 0.3 is 5.76 Å². The van der Waals surface area contributed by atoms with E-state index in [2.05, 4.69) is 19.2 Å². The Hall–Kier alpha value is -2.04. The van der Waals surface area contributed by atoms with E-state index >= 15 is 0 Å². The highest BCUT2D eigenvalue weighted by Crippen LogP contribution is 2.29. The molecule has 0 spiro atoms. The molecule has 2 atom stereocenters. The normalized spacial score (nSPS) is 22.8. The summed E-state index contributed by atoms with van der Waals surface area (Å²) in [5.41, 5.74) is 2.52. The summed E-state index contributed by atoms with van der Waals surface area (Å²) in [5, 5.41) is 2.91. The molecule has 0 saturated carbocycles. The zero-order chi connectivity index (χ0) is 15.1. The average Bonchev–Trinajstić information content (AvgIpc) is 2.74. The Morgan fingerprint density at radius 2 is 2.10 bits per heavy atom. The van der Waals surface area contributed by atoms with Crippen molar-refractivity contribution in [2.75, 3.05) is 0 Å². The number of benzene rings is 1. The number of rotatable bonds is 2. The topological polar surface area (TPSA) is 64.2 Å². The van der Waals surface area contributed by atoms with Gasteiger partial charge in [-0.05, 0) is 30.9 Å². The van der Waals surface area contributed by atoms with Crippen LogP contribution in [0.3, 0.4) is 0 Å². The summed E-state index contributed by atoms with van der Waals surface area (Å²) in [6, 6.07) is 5.72. The molecule has 0 aliphatic carbocycles. The van der Waals surface area contributed by atoms with Crippen molar-refractivity contribution < 1.29 is 9.21 Å². The summed E-state index contributed by atoms with van der Waals surface area (Å²) >= 11 is 0. The molecular formula is C16H20N2O3. The van der Waals surface area contributed by atoms with Crippen molar-refractivity contribution in [1.29, 1.82) is 0 Å². The predicted octanol–water partition coefficient (Wildman–Crippen LogP) is 2.56. The van der Waals surface area contributed by atoms with Crippen LogP contribution in [0.5, 0.6) is 0 Å². The third kappa shape index (κ3) is 2.26. The van der Waals surface area contributed by atoms with Crippen LogP contribution in [0.2, 0.25) is 0 Å². The highest BCUT2D eigenvalue weighted by atomic mass is 16.4. The Bertz CT molecular complexity index is 742. The fourth-order valence-electron chi connectivity index (χ4n) is 3.15. The van der Waals surface area contributed by atoms with Gasteiger partial charge in [-0.1, -0.05) is 26.0 Å². The number of amides is 1. The number of hydrogen-bond acceptors (Lipinski definition) is 3. The lowest BCUT2D eigenvalue weighted by Crippen LogP contribution is -2.45. The Labute approximate surface area is 122 Å². The summed E-state index contributed by atoms with van der Waals surface area (Å²) in [5.74, 6) is -0.00949. The molecule has 5 heteroatoms. The zero-order valence-corrected chi connectivity index (χ0v) is 12.6. The van der Waals surface area contributed by atoms with Crippen LogP contribution in [0.1, 0.15) is 51.1 Å². The van der Waals surface area contributed by atoms with Crippen molar-refractivity contribution in [3.05, 3.63) is 34.3 Å². The maximum atomic E-state index is 12.3. The Morgan fingerprint density at radius 1 is 1.33 bits per heavy atom. The van der Waals surface area contributed by atoms with Crippen LogP contribution < -0.4 is 11.1 Å². The Morgan fingerprint density at radius 3 is 2.76 bits per heavy atom. The number of piperidine rings is 1. The molecule has 1 aliphatic heterocycles. The van der Waals surface area contributed by atoms with Gasteiger partial charge in [0.1, 0.15) is 0 Å². The summed E-state index contributed by atoms with van der Waals surface area (Å²) in [7, 11) is 0. The molecule has 21 heavy (non-hydrogen) atoms. The van der Waals surface area contributed by atoms with Gasteiger partial charge in [0.15, 0.2) is 5.58 Å². The number of para-hydroxylation sites is 1. The highest BCUT2D eigenvalue weighted by Gasteiger charge is 2.30. The standard InChI is InChI=1S/C16H20N2O3/c1-9(2)11-5-4-6-13-15(11)21-16(20)18(13)12-7-8-14(19)17-10(12)3/h4-6,9-10,12H,7-8H2,1-3H3,(H,17,19). The van der Waals surface area contributed by atoms with E-state index in [0.29, 0.717) is 18.4 Å². The molecular weight excluding hydrogens is 268 g/mol. The maximum absolute atomic E-state index is 12.3. The smallest absolute Gasteiger partial charge is 0.407 e. The van der Waals surface area contributed by atoms with Crippen molar-refractivity contribution in [2.24, 2.45) is 0 Å². The number of aromatic nitrogens is 1. The van der Waals surface area contributed by atoms with Gasteiger partial charge in [-0.25, -0.2) is 4.79 Å². The van der Waals surface area contributed by atoms with E-state index < -0.39 is 0 Å². The fourth-order valence-corrected chi connectivity index (χ4v) is 3.15. The minimum atomic E-state index is -0.342. The third-order valence-electron chi connectivity index (χ3n) is 4.26. The Balaban J connectivity index is 2.15. The lowest BCUT2D eigenvalue weighted by molar-refractivity contribution is -0.123. The molecule has 1 fully saturated rings. The molecule has 2 aromatic rings. The van der Waals surface area contributed by atoms with Crippen molar-refractivity contribution in [3.63, 3.8) is 0 Å². The van der Waals surface area contributed by atoms with Gasteiger partial charge in [0.2, 0.25) is 5.91 Å². The van der Waals surface area contributed by atoms with Crippen molar-refractivity contribution in [1.82, 2.24) is 9.88 Å². The van der Waals surface area contributed by atoms with E-state index in [4.69, 9.17) is 4.42 Å². The molecule has 0 bridgehead atoms. The van der Waals surface area contributed by atoms with Crippen LogP contribution >= 0.6 is 0 Å². The van der Waals surface area contributed by atoms with Crippen molar-refractivity contribution in [2.45, 2.75) is 51.6 Å². The third-order valence-corrected chi connectivity index (χ3v) is 4.26. The average molecular weight is 288 g/mol. The molecule has 2 heterocycles. The molecule has 1 N–H and O–H groups in total. The number of oxazole rings is 1. The number of nitrogens with one attached hydrogen (secondary N) is 1. The van der Waals surface area contributed by atoms with E-state index in [1.54, 1.807) is 4.57 Å². The molecule has 112 valence electrons. The first-order valence-corrected chi connectivity index (χ1v) is 7.42. The van der Waals surface area contributed by atoms with Crippen LogP contribution in [0.4, 0.5) is 0 Å². The van der Waals surface area contributed by atoms with Crippen molar-refractivity contribution >= 4 is 17.0 Å². The first-order chi connectivity index (χ1) is 9.99. The summed E-state index contributed by atoms with van der Waals surface area (Å²) in [6.07, 6.45) is 1.10. The molecule has 1 aromatic heterocycles. The predicted molar refractivity (Wildman–Crippen MR) is 80.4 cm³/mol. The van der Waals surface area contributed by atoms with Gasteiger partial charge in [-0.3, -0.25) is 9.36 Å². The number of hydrogen-bond donors (Lipinski definition) is 1. The van der Waals surface area contributed by atoms with E-state index in [1.807, 2.05) is 25.1 Å². The van der Waals surface area contributed by atoms with Crippen LogP contribution in [0.15, 0.2) is 27.4 Å². The monoisotopic (exact) mass is 288 g/mol. The van der Waals surface area contributed by atoms with E-state index in [1.165, 1.54) is 0 Å². The minimum Gasteiger partial charge on any atom is -0.407 e. The highest BCUT2D eigenvalue weighted by molar-refractivity contribution is 5.79. The van der Waals surface area contributed by atoms with Crippen LogP contribution in [-0.4, -0.2) is 16.5 Å². The molecule has 1 aromatic carbocycles. The van der Waals surface area contributed by atoms with Crippen LogP contribution in [0.25, 0.3) is 11.1 Å². The van der Waals surface area contributed by atoms with Gasteiger partial charge in [0.25, 0.3) is 0 Å². The van der Waals surface area contributed by atoms with E-state index in [9.17, 15) is 9.59 Å². The molecule has 1 saturated heterocycles. The van der Waals surface area contributed by atoms with Gasteiger partial charge in [0, 0.05) is 12.5 Å². The summed E-state index contributed by atoms with van der Waals surface area (Å²) in [4.78, 5) is 23.8. The first kappa shape index (κ1) is 13.9. The fraction of sp³-hybridized carbons (Fsp3) is 0.500. The second kappa shape index (κ2) is 5.06. The van der Waals surface area contributed by atoms with Gasteiger partial charge in [0.05, 0.1) is 11.6 Å².